The van der Waals surface area contributed by atoms with E-state index in [2.05, 4.69) is 5.32 Å². The highest BCUT2D eigenvalue weighted by Crippen LogP contribution is 2.28. The SMILES string of the molecule is CC(=O)OC1CN(C(=O)O)CCC1Nc1cc(F)ccc1[N+](=O)[O-]. The molecule has 1 aliphatic heterocycles. The third-order valence-electron chi connectivity index (χ3n) is 3.64. The van der Waals surface area contributed by atoms with Crippen LogP contribution in [0.1, 0.15) is 13.3 Å². The number of piperidine rings is 1. The lowest BCUT2D eigenvalue weighted by molar-refractivity contribution is -0.384. The summed E-state index contributed by atoms with van der Waals surface area (Å²) in [5.41, 5.74) is -0.371. The van der Waals surface area contributed by atoms with E-state index in [0.717, 1.165) is 23.1 Å². The minimum absolute atomic E-state index is 0.0501. The van der Waals surface area contributed by atoms with E-state index in [4.69, 9.17) is 9.84 Å². The number of benzene rings is 1. The van der Waals surface area contributed by atoms with Crippen molar-refractivity contribution in [1.82, 2.24) is 4.90 Å². The number of halogens is 1. The van der Waals surface area contributed by atoms with Crippen molar-refractivity contribution in [3.63, 3.8) is 0 Å². The summed E-state index contributed by atoms with van der Waals surface area (Å²) in [6.45, 7) is 1.27. The molecule has 2 unspecified atom stereocenters. The topological polar surface area (TPSA) is 122 Å². The summed E-state index contributed by atoms with van der Waals surface area (Å²) in [5, 5.41) is 22.9. The summed E-state index contributed by atoms with van der Waals surface area (Å²) in [4.78, 5) is 33.8. The summed E-state index contributed by atoms with van der Waals surface area (Å²) < 4.78 is 18.5. The van der Waals surface area contributed by atoms with Crippen LogP contribution >= 0.6 is 0 Å². The number of hydrogen-bond acceptors (Lipinski definition) is 6. The van der Waals surface area contributed by atoms with Gasteiger partial charge in [-0.1, -0.05) is 0 Å². The molecule has 2 atom stereocenters. The van der Waals surface area contributed by atoms with Crippen LogP contribution in [0.15, 0.2) is 18.2 Å². The van der Waals surface area contributed by atoms with Crippen LogP contribution in [0.3, 0.4) is 0 Å². The number of hydrogen-bond donors (Lipinski definition) is 2. The Morgan fingerprint density at radius 3 is 2.79 bits per heavy atom. The maximum atomic E-state index is 13.4. The first kappa shape index (κ1) is 17.4. The van der Waals surface area contributed by atoms with Crippen molar-refractivity contribution in [2.45, 2.75) is 25.5 Å². The van der Waals surface area contributed by atoms with E-state index in [-0.39, 0.29) is 30.9 Å². The van der Waals surface area contributed by atoms with Crippen molar-refractivity contribution in [2.75, 3.05) is 18.4 Å². The van der Waals surface area contributed by atoms with Crippen molar-refractivity contribution in [1.29, 1.82) is 0 Å². The molecule has 1 aromatic carbocycles. The molecule has 24 heavy (non-hydrogen) atoms. The molecular formula is C14H16FN3O6. The van der Waals surface area contributed by atoms with Gasteiger partial charge < -0.3 is 20.1 Å². The minimum atomic E-state index is -1.15. The molecule has 130 valence electrons. The molecule has 1 aromatic rings. The molecule has 2 N–H and O–H groups in total. The quantitative estimate of drug-likeness (QED) is 0.486. The third-order valence-corrected chi connectivity index (χ3v) is 3.64. The number of carboxylic acid groups (broad SMARTS) is 1. The Bertz CT molecular complexity index is 668. The van der Waals surface area contributed by atoms with Gasteiger partial charge in [0.25, 0.3) is 5.69 Å². The number of rotatable bonds is 4. The van der Waals surface area contributed by atoms with Crippen LogP contribution in [0.4, 0.5) is 20.6 Å². The van der Waals surface area contributed by atoms with E-state index >= 15 is 0 Å². The number of esters is 1. The van der Waals surface area contributed by atoms with Crippen molar-refractivity contribution in [3.05, 3.63) is 34.1 Å². The Morgan fingerprint density at radius 1 is 1.50 bits per heavy atom. The molecule has 1 aliphatic rings. The molecule has 0 aliphatic carbocycles. The zero-order valence-electron chi connectivity index (χ0n) is 12.8. The molecular weight excluding hydrogens is 325 g/mol. The van der Waals surface area contributed by atoms with E-state index in [1.807, 2.05) is 0 Å². The first-order chi connectivity index (χ1) is 11.3. The summed E-state index contributed by atoms with van der Waals surface area (Å²) in [7, 11) is 0. The monoisotopic (exact) mass is 341 g/mol. The predicted octanol–water partition coefficient (Wildman–Crippen LogP) is 1.83. The lowest BCUT2D eigenvalue weighted by Gasteiger charge is -2.37. The molecule has 0 aromatic heterocycles. The van der Waals surface area contributed by atoms with E-state index in [9.17, 15) is 24.1 Å². The second-order valence-corrected chi connectivity index (χ2v) is 5.33. The molecule has 0 spiro atoms. The number of carbonyl (C=O) groups excluding carboxylic acids is 1. The Hall–Kier alpha value is -2.91. The van der Waals surface area contributed by atoms with Crippen molar-refractivity contribution < 1.29 is 28.7 Å². The summed E-state index contributed by atoms with van der Waals surface area (Å²) in [6.07, 6.45) is -1.74. The van der Waals surface area contributed by atoms with E-state index in [1.165, 1.54) is 6.92 Å². The molecule has 2 rings (SSSR count). The third kappa shape index (κ3) is 4.09. The Kier molecular flexibility index (Phi) is 5.17. The fraction of sp³-hybridized carbons (Fsp3) is 0.429. The number of anilines is 1. The van der Waals surface area contributed by atoms with E-state index in [0.29, 0.717) is 0 Å². The van der Waals surface area contributed by atoms with Gasteiger partial charge in [-0.15, -0.1) is 0 Å². The summed E-state index contributed by atoms with van der Waals surface area (Å²) in [5.74, 6) is -1.26. The zero-order valence-corrected chi connectivity index (χ0v) is 12.8. The highest BCUT2D eigenvalue weighted by atomic mass is 19.1. The maximum absolute atomic E-state index is 13.4. The highest BCUT2D eigenvalue weighted by Gasteiger charge is 2.34. The zero-order chi connectivity index (χ0) is 17.9. The molecule has 1 fully saturated rings. The maximum Gasteiger partial charge on any atom is 0.407 e. The Labute approximate surface area is 136 Å². The minimum Gasteiger partial charge on any atom is -0.465 e. The van der Waals surface area contributed by atoms with Gasteiger partial charge in [-0.05, 0) is 12.5 Å². The van der Waals surface area contributed by atoms with Gasteiger partial charge in [0.15, 0.2) is 0 Å². The van der Waals surface area contributed by atoms with Crippen LogP contribution in [0, 0.1) is 15.9 Å². The molecule has 1 saturated heterocycles. The van der Waals surface area contributed by atoms with Crippen LogP contribution in [0.5, 0.6) is 0 Å². The lowest BCUT2D eigenvalue weighted by atomic mass is 10.0. The molecule has 0 radical (unpaired) electrons. The molecule has 1 amide bonds. The van der Waals surface area contributed by atoms with Gasteiger partial charge in [-0.2, -0.15) is 0 Å². The molecule has 0 saturated carbocycles. The smallest absolute Gasteiger partial charge is 0.407 e. The van der Waals surface area contributed by atoms with Crippen molar-refractivity contribution >= 4 is 23.4 Å². The van der Waals surface area contributed by atoms with Gasteiger partial charge in [0.2, 0.25) is 0 Å². The van der Waals surface area contributed by atoms with Crippen LogP contribution in [-0.4, -0.2) is 52.2 Å². The number of likely N-dealkylation sites (tertiary alicyclic amines) is 1. The fourth-order valence-electron chi connectivity index (χ4n) is 2.57. The van der Waals surface area contributed by atoms with Gasteiger partial charge in [0, 0.05) is 25.6 Å². The van der Waals surface area contributed by atoms with Gasteiger partial charge in [-0.25, -0.2) is 9.18 Å². The van der Waals surface area contributed by atoms with E-state index in [1.54, 1.807) is 0 Å². The predicted molar refractivity (Wildman–Crippen MR) is 80.2 cm³/mol. The summed E-state index contributed by atoms with van der Waals surface area (Å²) >= 11 is 0. The number of nitro groups is 1. The standard InChI is InChI=1S/C14H16FN3O6/c1-8(19)24-13-7-17(14(20)21)5-4-10(13)16-11-6-9(15)2-3-12(11)18(22)23/h2-3,6,10,13,16H,4-5,7H2,1H3,(H,20,21). The van der Waals surface area contributed by atoms with Crippen LogP contribution in [-0.2, 0) is 9.53 Å². The first-order valence-electron chi connectivity index (χ1n) is 7.13. The number of nitro benzene ring substituents is 1. The first-order valence-corrected chi connectivity index (χ1v) is 7.13. The second-order valence-electron chi connectivity index (χ2n) is 5.33. The Balaban J connectivity index is 2.23. The molecule has 1 heterocycles. The highest BCUT2D eigenvalue weighted by molar-refractivity contribution is 5.68. The average molecular weight is 341 g/mol. The van der Waals surface area contributed by atoms with Crippen molar-refractivity contribution in [3.8, 4) is 0 Å². The van der Waals surface area contributed by atoms with Crippen molar-refractivity contribution in [2.24, 2.45) is 0 Å². The van der Waals surface area contributed by atoms with Gasteiger partial charge in [0.1, 0.15) is 17.6 Å². The van der Waals surface area contributed by atoms with Gasteiger partial charge >= 0.3 is 12.1 Å². The van der Waals surface area contributed by atoms with Crippen LogP contribution in [0.2, 0.25) is 0 Å². The fourth-order valence-corrected chi connectivity index (χ4v) is 2.57. The number of ether oxygens (including phenoxy) is 1. The average Bonchev–Trinajstić information content (AvgIpc) is 2.48. The second kappa shape index (κ2) is 7.11. The summed E-state index contributed by atoms with van der Waals surface area (Å²) in [6, 6.07) is 2.40. The largest absolute Gasteiger partial charge is 0.465 e. The normalized spacial score (nSPS) is 20.3. The molecule has 0 bridgehead atoms. The number of nitrogens with zero attached hydrogens (tertiary/aromatic N) is 2. The number of amides is 1. The van der Waals surface area contributed by atoms with Crippen LogP contribution < -0.4 is 5.32 Å². The number of nitrogens with one attached hydrogen (secondary N) is 1. The number of carbonyl (C=O) groups is 2. The van der Waals surface area contributed by atoms with Gasteiger partial charge in [-0.3, -0.25) is 14.9 Å². The molecule has 9 nitrogen and oxygen atoms in total. The molecule has 10 heteroatoms. The van der Waals surface area contributed by atoms with Crippen LogP contribution in [0.25, 0.3) is 0 Å². The lowest BCUT2D eigenvalue weighted by Crippen LogP contribution is -2.53. The van der Waals surface area contributed by atoms with E-state index < -0.39 is 34.9 Å². The van der Waals surface area contributed by atoms with Gasteiger partial charge in [0.05, 0.1) is 17.5 Å². The Morgan fingerprint density at radius 2 is 2.21 bits per heavy atom.